The van der Waals surface area contributed by atoms with Crippen molar-refractivity contribution in [1.82, 2.24) is 9.99 Å². The summed E-state index contributed by atoms with van der Waals surface area (Å²) < 4.78 is 1.40. The molecule has 1 amide bonds. The second-order valence-electron chi connectivity index (χ2n) is 4.78. The van der Waals surface area contributed by atoms with Crippen molar-refractivity contribution >= 4 is 33.3 Å². The normalized spacial score (nSPS) is 10.9. The number of fused-ring (bicyclic) bond motifs is 3. The molecule has 6 nitrogen and oxygen atoms in total. The number of aromatic nitrogens is 1. The van der Waals surface area contributed by atoms with Gasteiger partial charge < -0.3 is 5.73 Å². The summed E-state index contributed by atoms with van der Waals surface area (Å²) >= 11 is 0. The van der Waals surface area contributed by atoms with Gasteiger partial charge in [-0.05, 0) is 29.7 Å². The highest BCUT2D eigenvalue weighted by Gasteiger charge is 2.12. The minimum absolute atomic E-state index is 0.138. The van der Waals surface area contributed by atoms with E-state index in [1.54, 1.807) is 30.3 Å². The lowest BCUT2D eigenvalue weighted by Crippen LogP contribution is -2.36. The molecule has 6 heteroatoms. The number of nitrogens with zero attached hydrogens (tertiary/aromatic N) is 1. The van der Waals surface area contributed by atoms with Crippen LogP contribution in [0.3, 0.4) is 0 Å². The molecule has 0 aliphatic heterocycles. The lowest BCUT2D eigenvalue weighted by Gasteiger charge is -2.12. The third-order valence-corrected chi connectivity index (χ3v) is 3.47. The zero-order chi connectivity index (χ0) is 15.0. The number of carbonyl (C=O) groups excluding carboxylic acids is 1. The molecular formula is C15H14N4O2. The smallest absolute Gasteiger partial charge is 0.259 e. The highest BCUT2D eigenvalue weighted by Crippen LogP contribution is 2.24. The van der Waals surface area contributed by atoms with E-state index >= 15 is 0 Å². The van der Waals surface area contributed by atoms with Crippen molar-refractivity contribution in [3.63, 3.8) is 0 Å². The van der Waals surface area contributed by atoms with Crippen LogP contribution in [0.15, 0.2) is 47.3 Å². The topological polar surface area (TPSA) is 103 Å². The van der Waals surface area contributed by atoms with Crippen LogP contribution in [0, 0.1) is 0 Å². The molecule has 0 unspecified atom stereocenters. The zero-order valence-electron chi connectivity index (χ0n) is 11.2. The molecule has 0 atom stereocenters. The van der Waals surface area contributed by atoms with Crippen LogP contribution in [0.4, 0.5) is 5.69 Å². The van der Waals surface area contributed by atoms with Crippen molar-refractivity contribution < 1.29 is 4.79 Å². The van der Waals surface area contributed by atoms with E-state index in [1.165, 1.54) is 4.57 Å². The zero-order valence-corrected chi connectivity index (χ0v) is 11.2. The third-order valence-electron chi connectivity index (χ3n) is 3.47. The van der Waals surface area contributed by atoms with Gasteiger partial charge in [0.05, 0.1) is 5.52 Å². The first-order chi connectivity index (χ1) is 10.1. The average Bonchev–Trinajstić information content (AvgIpc) is 2.51. The number of nitrogen functional groups attached to an aromatic ring is 1. The minimum Gasteiger partial charge on any atom is -0.399 e. The van der Waals surface area contributed by atoms with Crippen LogP contribution < -0.4 is 22.6 Å². The third kappa shape index (κ3) is 2.11. The molecule has 2 aromatic carbocycles. The summed E-state index contributed by atoms with van der Waals surface area (Å²) in [5.41, 5.74) is 8.90. The molecule has 3 rings (SSSR count). The number of hydrogen-bond donors (Lipinski definition) is 3. The standard InChI is InChI=1S/C15H14N4O2/c16-9-5-6-13-12(7-9)10-3-1-2-4-11(10)15(21)19(13)8-14(20)18-17/h1-7H,8,16-17H2,(H,18,20). The van der Waals surface area contributed by atoms with Crippen molar-refractivity contribution in [3.05, 3.63) is 52.8 Å². The van der Waals surface area contributed by atoms with Crippen LogP contribution in [0.5, 0.6) is 0 Å². The molecular weight excluding hydrogens is 268 g/mol. The van der Waals surface area contributed by atoms with Gasteiger partial charge in [-0.1, -0.05) is 18.2 Å². The maximum absolute atomic E-state index is 12.6. The second-order valence-corrected chi connectivity index (χ2v) is 4.78. The van der Waals surface area contributed by atoms with Crippen molar-refractivity contribution in [1.29, 1.82) is 0 Å². The summed E-state index contributed by atoms with van der Waals surface area (Å²) in [6, 6.07) is 12.5. The highest BCUT2D eigenvalue weighted by molar-refractivity contribution is 6.06. The molecule has 0 bridgehead atoms. The van der Waals surface area contributed by atoms with Gasteiger partial charge in [0.25, 0.3) is 11.5 Å². The summed E-state index contributed by atoms with van der Waals surface area (Å²) in [5.74, 6) is 4.68. The van der Waals surface area contributed by atoms with Gasteiger partial charge >= 0.3 is 0 Å². The van der Waals surface area contributed by atoms with E-state index in [9.17, 15) is 9.59 Å². The fraction of sp³-hybridized carbons (Fsp3) is 0.0667. The number of benzene rings is 2. The van der Waals surface area contributed by atoms with Crippen LogP contribution in [-0.2, 0) is 11.3 Å². The number of hydrogen-bond acceptors (Lipinski definition) is 4. The average molecular weight is 282 g/mol. The van der Waals surface area contributed by atoms with Gasteiger partial charge in [0.1, 0.15) is 6.54 Å². The Bertz CT molecular complexity index is 915. The fourth-order valence-corrected chi connectivity index (χ4v) is 2.51. The van der Waals surface area contributed by atoms with Gasteiger partial charge in [0, 0.05) is 16.5 Å². The number of nitrogens with one attached hydrogen (secondary N) is 1. The summed E-state index contributed by atoms with van der Waals surface area (Å²) in [7, 11) is 0. The first kappa shape index (κ1) is 13.1. The number of pyridine rings is 1. The Morgan fingerprint density at radius 1 is 1.10 bits per heavy atom. The summed E-state index contributed by atoms with van der Waals surface area (Å²) in [6.07, 6.45) is 0. The molecule has 0 fully saturated rings. The van der Waals surface area contributed by atoms with E-state index in [0.717, 1.165) is 10.8 Å². The Kier molecular flexibility index (Phi) is 3.08. The molecule has 0 radical (unpaired) electrons. The number of nitrogens with two attached hydrogens (primary N) is 2. The number of anilines is 1. The van der Waals surface area contributed by atoms with Crippen molar-refractivity contribution in [2.24, 2.45) is 5.84 Å². The van der Waals surface area contributed by atoms with E-state index in [-0.39, 0.29) is 12.1 Å². The van der Waals surface area contributed by atoms with Crippen LogP contribution in [0.25, 0.3) is 21.7 Å². The number of rotatable bonds is 2. The Balaban J connectivity index is 2.46. The first-order valence-corrected chi connectivity index (χ1v) is 6.42. The molecule has 1 aromatic heterocycles. The Hall–Kier alpha value is -2.86. The van der Waals surface area contributed by atoms with Gasteiger partial charge in [-0.15, -0.1) is 0 Å². The molecule has 5 N–H and O–H groups in total. The quantitative estimate of drug-likeness (QED) is 0.212. The molecule has 21 heavy (non-hydrogen) atoms. The van der Waals surface area contributed by atoms with Crippen LogP contribution in [0.1, 0.15) is 0 Å². The van der Waals surface area contributed by atoms with Crippen molar-refractivity contribution in [2.75, 3.05) is 5.73 Å². The Morgan fingerprint density at radius 2 is 1.81 bits per heavy atom. The van der Waals surface area contributed by atoms with E-state index in [4.69, 9.17) is 11.6 Å². The SMILES string of the molecule is NNC(=O)Cn1c(=O)c2ccccc2c2cc(N)ccc21. The maximum atomic E-state index is 12.6. The van der Waals surface area contributed by atoms with Crippen molar-refractivity contribution in [2.45, 2.75) is 6.54 Å². The molecule has 0 saturated carbocycles. The molecule has 106 valence electrons. The maximum Gasteiger partial charge on any atom is 0.259 e. The van der Waals surface area contributed by atoms with Gasteiger partial charge in [-0.25, -0.2) is 5.84 Å². The van der Waals surface area contributed by atoms with Crippen LogP contribution >= 0.6 is 0 Å². The second kappa shape index (κ2) is 4.92. The lowest BCUT2D eigenvalue weighted by atomic mass is 10.1. The van der Waals surface area contributed by atoms with Gasteiger partial charge in [-0.3, -0.25) is 19.6 Å². The minimum atomic E-state index is -0.439. The monoisotopic (exact) mass is 282 g/mol. The van der Waals surface area contributed by atoms with Crippen LogP contribution in [-0.4, -0.2) is 10.5 Å². The van der Waals surface area contributed by atoms with Crippen molar-refractivity contribution in [3.8, 4) is 0 Å². The van der Waals surface area contributed by atoms with Gasteiger partial charge in [0.15, 0.2) is 0 Å². The predicted molar refractivity (Wildman–Crippen MR) is 82.5 cm³/mol. The van der Waals surface area contributed by atoms with E-state index < -0.39 is 5.91 Å². The predicted octanol–water partition coefficient (Wildman–Crippen LogP) is 0.727. The molecule has 0 aliphatic carbocycles. The van der Waals surface area contributed by atoms with Crippen LogP contribution in [0.2, 0.25) is 0 Å². The fourth-order valence-electron chi connectivity index (χ4n) is 2.51. The Morgan fingerprint density at radius 3 is 2.52 bits per heavy atom. The highest BCUT2D eigenvalue weighted by atomic mass is 16.2. The summed E-state index contributed by atoms with van der Waals surface area (Å²) in [4.78, 5) is 24.1. The molecule has 0 spiro atoms. The molecule has 0 saturated heterocycles. The summed E-state index contributed by atoms with van der Waals surface area (Å²) in [6.45, 7) is -0.138. The number of hydrazine groups is 1. The first-order valence-electron chi connectivity index (χ1n) is 6.42. The molecule has 0 aliphatic rings. The molecule has 3 aromatic rings. The van der Waals surface area contributed by atoms with E-state index in [2.05, 4.69) is 0 Å². The molecule has 1 heterocycles. The van der Waals surface area contributed by atoms with E-state index in [1.807, 2.05) is 17.6 Å². The largest absolute Gasteiger partial charge is 0.399 e. The van der Waals surface area contributed by atoms with Gasteiger partial charge in [0.2, 0.25) is 0 Å². The summed E-state index contributed by atoms with van der Waals surface area (Å²) in [5, 5.41) is 2.18. The lowest BCUT2D eigenvalue weighted by molar-refractivity contribution is -0.121. The Labute approximate surface area is 119 Å². The van der Waals surface area contributed by atoms with Gasteiger partial charge in [-0.2, -0.15) is 0 Å². The van der Waals surface area contributed by atoms with E-state index in [0.29, 0.717) is 16.6 Å². The number of amides is 1. The number of carbonyl (C=O) groups is 1.